The number of hydrogen-bond acceptors (Lipinski definition) is 3. The van der Waals surface area contributed by atoms with Crippen molar-refractivity contribution in [3.05, 3.63) is 52.5 Å². The van der Waals surface area contributed by atoms with Crippen LogP contribution in [0.15, 0.2) is 36.4 Å². The van der Waals surface area contributed by atoms with Crippen LogP contribution in [-0.2, 0) is 0 Å². The summed E-state index contributed by atoms with van der Waals surface area (Å²) in [5.74, 6) is 0. The Morgan fingerprint density at radius 3 is 2.68 bits per heavy atom. The number of fused-ring (bicyclic) bond motifs is 1. The van der Waals surface area contributed by atoms with Gasteiger partial charge in [-0.05, 0) is 61.5 Å². The SMILES string of the molecule is Cc1ccc(NC(=S)Nc2nc3c(Cl)cccc3s2)cc1C. The van der Waals surface area contributed by atoms with Crippen molar-refractivity contribution in [3.63, 3.8) is 0 Å². The zero-order valence-electron chi connectivity index (χ0n) is 12.1. The fraction of sp³-hybridized carbons (Fsp3) is 0.125. The summed E-state index contributed by atoms with van der Waals surface area (Å²) < 4.78 is 1.03. The Morgan fingerprint density at radius 2 is 1.95 bits per heavy atom. The molecule has 0 radical (unpaired) electrons. The van der Waals surface area contributed by atoms with Crippen LogP contribution in [0.25, 0.3) is 10.2 Å². The molecule has 0 atom stereocenters. The summed E-state index contributed by atoms with van der Waals surface area (Å²) in [7, 11) is 0. The summed E-state index contributed by atoms with van der Waals surface area (Å²) in [6.45, 7) is 4.16. The Balaban J connectivity index is 1.75. The maximum Gasteiger partial charge on any atom is 0.190 e. The number of nitrogens with zero attached hydrogens (tertiary/aromatic N) is 1. The predicted octanol–water partition coefficient (Wildman–Crippen LogP) is 5.38. The van der Waals surface area contributed by atoms with Crippen molar-refractivity contribution in [1.82, 2.24) is 4.98 Å². The third-order valence-electron chi connectivity index (χ3n) is 3.35. The van der Waals surface area contributed by atoms with Crippen molar-refractivity contribution in [2.45, 2.75) is 13.8 Å². The Kier molecular flexibility index (Phi) is 4.29. The smallest absolute Gasteiger partial charge is 0.190 e. The molecule has 1 heterocycles. The van der Waals surface area contributed by atoms with Crippen LogP contribution in [0.2, 0.25) is 5.02 Å². The van der Waals surface area contributed by atoms with Crippen molar-refractivity contribution in [2.75, 3.05) is 10.6 Å². The first-order chi connectivity index (χ1) is 10.5. The van der Waals surface area contributed by atoms with E-state index in [9.17, 15) is 0 Å². The molecule has 112 valence electrons. The van der Waals surface area contributed by atoms with E-state index in [2.05, 4.69) is 41.6 Å². The van der Waals surface area contributed by atoms with Crippen LogP contribution in [0.4, 0.5) is 10.8 Å². The highest BCUT2D eigenvalue weighted by Gasteiger charge is 2.08. The molecule has 6 heteroatoms. The van der Waals surface area contributed by atoms with E-state index in [0.717, 1.165) is 21.0 Å². The molecule has 3 nitrogen and oxygen atoms in total. The number of halogens is 1. The molecule has 2 N–H and O–H groups in total. The van der Waals surface area contributed by atoms with Crippen LogP contribution in [0.1, 0.15) is 11.1 Å². The van der Waals surface area contributed by atoms with Gasteiger partial charge in [0.1, 0.15) is 5.52 Å². The minimum absolute atomic E-state index is 0.512. The van der Waals surface area contributed by atoms with Gasteiger partial charge >= 0.3 is 0 Å². The van der Waals surface area contributed by atoms with Crippen LogP contribution in [0.3, 0.4) is 0 Å². The number of aromatic nitrogens is 1. The van der Waals surface area contributed by atoms with Gasteiger partial charge in [0.15, 0.2) is 10.2 Å². The number of hydrogen-bond donors (Lipinski definition) is 2. The molecule has 0 spiro atoms. The molecule has 3 aromatic rings. The van der Waals surface area contributed by atoms with Gasteiger partial charge in [0.25, 0.3) is 0 Å². The van der Waals surface area contributed by atoms with E-state index < -0.39 is 0 Å². The molecule has 0 saturated carbocycles. The van der Waals surface area contributed by atoms with E-state index in [1.54, 1.807) is 0 Å². The first-order valence-electron chi connectivity index (χ1n) is 6.73. The third kappa shape index (κ3) is 3.21. The number of thiazole rings is 1. The van der Waals surface area contributed by atoms with Crippen LogP contribution >= 0.6 is 35.2 Å². The molecule has 0 unspecified atom stereocenters. The van der Waals surface area contributed by atoms with Gasteiger partial charge in [-0.15, -0.1) is 0 Å². The molecule has 0 aliphatic carbocycles. The molecule has 0 aliphatic heterocycles. The lowest BCUT2D eigenvalue weighted by Crippen LogP contribution is -2.18. The van der Waals surface area contributed by atoms with Gasteiger partial charge in [0.05, 0.1) is 9.72 Å². The van der Waals surface area contributed by atoms with Gasteiger partial charge in [-0.25, -0.2) is 4.98 Å². The molecule has 0 fully saturated rings. The Bertz CT molecular complexity index is 858. The average molecular weight is 348 g/mol. The fourth-order valence-corrected chi connectivity index (χ4v) is 3.50. The summed E-state index contributed by atoms with van der Waals surface area (Å²) >= 11 is 13.0. The molecule has 0 aliphatic rings. The molecular weight excluding hydrogens is 334 g/mol. The minimum atomic E-state index is 0.512. The maximum atomic E-state index is 6.14. The van der Waals surface area contributed by atoms with Gasteiger partial charge in [-0.1, -0.05) is 35.1 Å². The van der Waals surface area contributed by atoms with Crippen LogP contribution in [0, 0.1) is 13.8 Å². The lowest BCUT2D eigenvalue weighted by Gasteiger charge is -2.10. The lowest BCUT2D eigenvalue weighted by molar-refractivity contribution is 1.34. The number of benzene rings is 2. The molecule has 0 saturated heterocycles. The largest absolute Gasteiger partial charge is 0.332 e. The van der Waals surface area contributed by atoms with E-state index >= 15 is 0 Å². The van der Waals surface area contributed by atoms with E-state index in [0.29, 0.717) is 10.1 Å². The summed E-state index contributed by atoms with van der Waals surface area (Å²) in [4.78, 5) is 4.47. The molecule has 22 heavy (non-hydrogen) atoms. The monoisotopic (exact) mass is 347 g/mol. The second kappa shape index (κ2) is 6.20. The number of para-hydroxylation sites is 1. The van der Waals surface area contributed by atoms with Crippen LogP contribution < -0.4 is 10.6 Å². The average Bonchev–Trinajstić information content (AvgIpc) is 2.87. The zero-order chi connectivity index (χ0) is 15.7. The van der Waals surface area contributed by atoms with Crippen molar-refractivity contribution in [1.29, 1.82) is 0 Å². The topological polar surface area (TPSA) is 37.0 Å². The highest BCUT2D eigenvalue weighted by Crippen LogP contribution is 2.30. The van der Waals surface area contributed by atoms with Gasteiger partial charge < -0.3 is 10.6 Å². The zero-order valence-corrected chi connectivity index (χ0v) is 14.5. The number of anilines is 2. The summed E-state index contributed by atoms with van der Waals surface area (Å²) in [5.41, 5.74) is 4.23. The molecular formula is C16H14ClN3S2. The minimum Gasteiger partial charge on any atom is -0.332 e. The number of rotatable bonds is 2. The van der Waals surface area contributed by atoms with Crippen LogP contribution in [0.5, 0.6) is 0 Å². The van der Waals surface area contributed by atoms with E-state index in [-0.39, 0.29) is 0 Å². The molecule has 2 aromatic carbocycles. The first-order valence-corrected chi connectivity index (χ1v) is 8.33. The van der Waals surface area contributed by atoms with E-state index in [4.69, 9.17) is 23.8 Å². The second-order valence-corrected chi connectivity index (χ2v) is 6.83. The molecule has 0 bridgehead atoms. The quantitative estimate of drug-likeness (QED) is 0.610. The van der Waals surface area contributed by atoms with Crippen molar-refractivity contribution in [2.24, 2.45) is 0 Å². The summed E-state index contributed by atoms with van der Waals surface area (Å²) in [6, 6.07) is 11.9. The summed E-state index contributed by atoms with van der Waals surface area (Å²) in [5, 5.41) is 8.17. The fourth-order valence-electron chi connectivity index (χ4n) is 2.05. The number of aryl methyl sites for hydroxylation is 2. The Hall–Kier alpha value is -1.69. The number of thiocarbonyl (C=S) groups is 1. The van der Waals surface area contributed by atoms with E-state index in [1.807, 2.05) is 24.3 Å². The Labute approximate surface area is 143 Å². The van der Waals surface area contributed by atoms with Crippen molar-refractivity contribution >= 4 is 61.3 Å². The number of nitrogens with one attached hydrogen (secondary N) is 2. The van der Waals surface area contributed by atoms with Crippen molar-refractivity contribution < 1.29 is 0 Å². The Morgan fingerprint density at radius 1 is 1.14 bits per heavy atom. The van der Waals surface area contributed by atoms with Crippen LogP contribution in [-0.4, -0.2) is 10.1 Å². The highest BCUT2D eigenvalue weighted by atomic mass is 35.5. The van der Waals surface area contributed by atoms with Gasteiger partial charge in [-0.2, -0.15) is 0 Å². The van der Waals surface area contributed by atoms with E-state index in [1.165, 1.54) is 22.5 Å². The standard InChI is InChI=1S/C16H14ClN3S2/c1-9-6-7-11(8-10(9)2)18-15(21)20-16-19-14-12(17)4-3-5-13(14)22-16/h3-8H,1-2H3,(H2,18,19,20,21). The van der Waals surface area contributed by atoms with Gasteiger partial charge in [0.2, 0.25) is 0 Å². The predicted molar refractivity (Wildman–Crippen MR) is 100 cm³/mol. The summed E-state index contributed by atoms with van der Waals surface area (Å²) in [6.07, 6.45) is 0. The normalized spacial score (nSPS) is 10.7. The van der Waals surface area contributed by atoms with Gasteiger partial charge in [0, 0.05) is 5.69 Å². The molecule has 0 amide bonds. The highest BCUT2D eigenvalue weighted by molar-refractivity contribution is 7.80. The second-order valence-electron chi connectivity index (χ2n) is 4.98. The third-order valence-corrected chi connectivity index (χ3v) is 4.80. The van der Waals surface area contributed by atoms with Crippen molar-refractivity contribution in [3.8, 4) is 0 Å². The lowest BCUT2D eigenvalue weighted by atomic mass is 10.1. The molecule has 1 aromatic heterocycles. The van der Waals surface area contributed by atoms with Gasteiger partial charge in [-0.3, -0.25) is 0 Å². The molecule has 3 rings (SSSR count). The first kappa shape index (κ1) is 15.2. The maximum absolute atomic E-state index is 6.14.